The molecule has 0 spiro atoms. The minimum Gasteiger partial charge on any atom is -0.373 e. The highest BCUT2D eigenvalue weighted by molar-refractivity contribution is 7.99. The van der Waals surface area contributed by atoms with Gasteiger partial charge in [0, 0.05) is 18.3 Å². The predicted molar refractivity (Wildman–Crippen MR) is 83.5 cm³/mol. The first-order valence-corrected chi connectivity index (χ1v) is 7.48. The van der Waals surface area contributed by atoms with Crippen molar-refractivity contribution in [1.82, 2.24) is 15.0 Å². The molecule has 0 unspecified atom stereocenters. The van der Waals surface area contributed by atoms with Crippen LogP contribution in [0.25, 0.3) is 0 Å². The van der Waals surface area contributed by atoms with E-state index in [1.807, 2.05) is 14.0 Å². The Morgan fingerprint density at radius 2 is 1.90 bits per heavy atom. The van der Waals surface area contributed by atoms with Crippen LogP contribution in [-0.4, -0.2) is 22.0 Å². The van der Waals surface area contributed by atoms with Gasteiger partial charge in [-0.3, -0.25) is 0 Å². The van der Waals surface area contributed by atoms with Gasteiger partial charge in [-0.25, -0.2) is 15.0 Å². The average Bonchev–Trinajstić information content (AvgIpc) is 2.36. The minimum atomic E-state index is 0.354. The van der Waals surface area contributed by atoms with E-state index in [1.54, 1.807) is 18.1 Å². The summed E-state index contributed by atoms with van der Waals surface area (Å²) in [6, 6.07) is 4.16. The Balaban J connectivity index is 2.42. The second kappa shape index (κ2) is 6.22. The molecule has 1 N–H and O–H groups in total. The van der Waals surface area contributed by atoms with Gasteiger partial charge < -0.3 is 5.32 Å². The van der Waals surface area contributed by atoms with Gasteiger partial charge in [0.2, 0.25) is 0 Å². The van der Waals surface area contributed by atoms with Gasteiger partial charge in [-0.1, -0.05) is 13.8 Å². The highest BCUT2D eigenvalue weighted by Gasteiger charge is 2.15. The summed E-state index contributed by atoms with van der Waals surface area (Å²) in [4.78, 5) is 13.3. The Morgan fingerprint density at radius 3 is 2.50 bits per heavy atom. The van der Waals surface area contributed by atoms with E-state index < -0.39 is 0 Å². The maximum Gasteiger partial charge on any atom is 0.133 e. The summed E-state index contributed by atoms with van der Waals surface area (Å²) in [6.45, 7) is 8.40. The number of hydrogen-bond acceptors (Lipinski definition) is 5. The van der Waals surface area contributed by atoms with Crippen LogP contribution in [0.5, 0.6) is 0 Å². The Hall–Kier alpha value is -1.62. The largest absolute Gasteiger partial charge is 0.373 e. The topological polar surface area (TPSA) is 50.7 Å². The number of anilines is 1. The number of nitrogens with one attached hydrogen (secondary N) is 1. The molecular formula is C15H20N4S. The molecule has 0 fully saturated rings. The van der Waals surface area contributed by atoms with E-state index in [1.165, 1.54) is 5.56 Å². The van der Waals surface area contributed by atoms with E-state index >= 15 is 0 Å². The second-order valence-corrected chi connectivity index (χ2v) is 6.08. The molecule has 4 nitrogen and oxygen atoms in total. The molecule has 106 valence electrons. The van der Waals surface area contributed by atoms with Crippen LogP contribution < -0.4 is 5.32 Å². The molecule has 5 heteroatoms. The summed E-state index contributed by atoms with van der Waals surface area (Å²) in [5.74, 6) is 1.24. The van der Waals surface area contributed by atoms with Crippen LogP contribution in [0.4, 0.5) is 5.82 Å². The molecule has 0 bridgehead atoms. The predicted octanol–water partition coefficient (Wildman–Crippen LogP) is 3.80. The summed E-state index contributed by atoms with van der Waals surface area (Å²) in [6.07, 6.45) is 1.60. The fourth-order valence-electron chi connectivity index (χ4n) is 2.14. The molecule has 0 amide bonds. The third-order valence-electron chi connectivity index (χ3n) is 2.94. The van der Waals surface area contributed by atoms with Gasteiger partial charge in [0.15, 0.2) is 0 Å². The first-order chi connectivity index (χ1) is 9.51. The zero-order valence-corrected chi connectivity index (χ0v) is 13.4. The molecule has 0 saturated carbocycles. The summed E-state index contributed by atoms with van der Waals surface area (Å²) < 4.78 is 0. The third kappa shape index (κ3) is 3.28. The summed E-state index contributed by atoms with van der Waals surface area (Å²) in [5.41, 5.74) is 3.39. The Kier molecular flexibility index (Phi) is 4.60. The number of aryl methyl sites for hydroxylation is 2. The van der Waals surface area contributed by atoms with Crippen LogP contribution >= 0.6 is 11.8 Å². The van der Waals surface area contributed by atoms with Crippen LogP contribution in [-0.2, 0) is 0 Å². The molecular weight excluding hydrogens is 268 g/mol. The Morgan fingerprint density at radius 1 is 1.15 bits per heavy atom. The van der Waals surface area contributed by atoms with E-state index in [-0.39, 0.29) is 0 Å². The average molecular weight is 288 g/mol. The number of rotatable bonds is 4. The molecule has 0 atom stereocenters. The summed E-state index contributed by atoms with van der Waals surface area (Å²) in [7, 11) is 1.89. The Bertz CT molecular complexity index is 591. The molecule has 0 saturated heterocycles. The van der Waals surface area contributed by atoms with E-state index in [0.717, 1.165) is 27.1 Å². The first-order valence-electron chi connectivity index (χ1n) is 6.67. The summed E-state index contributed by atoms with van der Waals surface area (Å²) >= 11 is 1.60. The van der Waals surface area contributed by atoms with Crippen molar-refractivity contribution >= 4 is 17.6 Å². The fraction of sp³-hybridized carbons (Fsp3) is 0.400. The second-order valence-electron chi connectivity index (χ2n) is 5.07. The number of pyridine rings is 1. The van der Waals surface area contributed by atoms with Crippen LogP contribution in [0.3, 0.4) is 0 Å². The van der Waals surface area contributed by atoms with E-state index in [2.05, 4.69) is 53.2 Å². The van der Waals surface area contributed by atoms with E-state index in [9.17, 15) is 0 Å². The Labute approximate surface area is 124 Å². The number of hydrogen-bond donors (Lipinski definition) is 1. The molecule has 0 aliphatic rings. The van der Waals surface area contributed by atoms with Crippen LogP contribution in [0.15, 0.2) is 28.5 Å². The van der Waals surface area contributed by atoms with Gasteiger partial charge in [-0.05, 0) is 49.2 Å². The molecule has 2 heterocycles. The zero-order valence-electron chi connectivity index (χ0n) is 12.6. The highest BCUT2D eigenvalue weighted by Crippen LogP contribution is 2.34. The lowest BCUT2D eigenvalue weighted by molar-refractivity contribution is 0.805. The molecule has 2 aromatic rings. The van der Waals surface area contributed by atoms with E-state index in [4.69, 9.17) is 0 Å². The molecule has 2 aromatic heterocycles. The van der Waals surface area contributed by atoms with Gasteiger partial charge in [0.25, 0.3) is 0 Å². The maximum atomic E-state index is 4.57. The van der Waals surface area contributed by atoms with Crippen LogP contribution in [0.1, 0.15) is 36.6 Å². The maximum absolute atomic E-state index is 4.57. The van der Waals surface area contributed by atoms with Crippen molar-refractivity contribution in [3.8, 4) is 0 Å². The van der Waals surface area contributed by atoms with Crippen molar-refractivity contribution in [1.29, 1.82) is 0 Å². The summed E-state index contributed by atoms with van der Waals surface area (Å²) in [5, 5.41) is 5.09. The molecule has 2 rings (SSSR count). The van der Waals surface area contributed by atoms with E-state index in [0.29, 0.717) is 5.92 Å². The van der Waals surface area contributed by atoms with Gasteiger partial charge in [-0.2, -0.15) is 0 Å². The van der Waals surface area contributed by atoms with Crippen LogP contribution in [0, 0.1) is 13.8 Å². The quantitative estimate of drug-likeness (QED) is 0.867. The van der Waals surface area contributed by atoms with Gasteiger partial charge in [0.1, 0.15) is 22.2 Å². The van der Waals surface area contributed by atoms with Crippen molar-refractivity contribution in [3.05, 3.63) is 35.3 Å². The smallest absolute Gasteiger partial charge is 0.133 e. The third-order valence-corrected chi connectivity index (χ3v) is 3.87. The van der Waals surface area contributed by atoms with Crippen molar-refractivity contribution in [2.45, 2.75) is 43.7 Å². The normalized spacial score (nSPS) is 10.9. The molecule has 0 aliphatic carbocycles. The zero-order chi connectivity index (χ0) is 14.7. The van der Waals surface area contributed by atoms with Gasteiger partial charge >= 0.3 is 0 Å². The standard InChI is InChI=1S/C15H20N4S/c1-9(2)13-14(16-5)17-8-18-15(13)20-12-7-10(3)6-11(4)19-12/h6-9H,1-5H3,(H,16,17,18). The van der Waals surface area contributed by atoms with Crippen LogP contribution in [0.2, 0.25) is 0 Å². The highest BCUT2D eigenvalue weighted by atomic mass is 32.2. The van der Waals surface area contributed by atoms with Gasteiger partial charge in [-0.15, -0.1) is 0 Å². The minimum absolute atomic E-state index is 0.354. The SMILES string of the molecule is CNc1ncnc(Sc2cc(C)cc(C)n2)c1C(C)C. The number of aromatic nitrogens is 3. The molecule has 0 radical (unpaired) electrons. The van der Waals surface area contributed by atoms with Crippen molar-refractivity contribution in [2.75, 3.05) is 12.4 Å². The molecule has 20 heavy (non-hydrogen) atoms. The molecule has 0 aliphatic heterocycles. The van der Waals surface area contributed by atoms with Crippen molar-refractivity contribution in [2.24, 2.45) is 0 Å². The van der Waals surface area contributed by atoms with Crippen molar-refractivity contribution in [3.63, 3.8) is 0 Å². The monoisotopic (exact) mass is 288 g/mol. The first kappa shape index (κ1) is 14.8. The van der Waals surface area contributed by atoms with Crippen molar-refractivity contribution < 1.29 is 0 Å². The lowest BCUT2D eigenvalue weighted by Gasteiger charge is -2.15. The lowest BCUT2D eigenvalue weighted by Crippen LogP contribution is -2.04. The fourth-order valence-corrected chi connectivity index (χ4v) is 3.31. The van der Waals surface area contributed by atoms with Gasteiger partial charge in [0.05, 0.1) is 0 Å². The molecule has 0 aromatic carbocycles. The lowest BCUT2D eigenvalue weighted by atomic mass is 10.1. The number of nitrogens with zero attached hydrogens (tertiary/aromatic N) is 3.